The maximum Gasteiger partial charge on any atom is 0.300 e. The highest BCUT2D eigenvalue weighted by atomic mass is 16.5. The number of Topliss-reactive ketones (excluding diaryl/α,β-unsaturated/α-hetero) is 2. The topological polar surface area (TPSA) is 63.7 Å². The van der Waals surface area contributed by atoms with Gasteiger partial charge in [0.05, 0.1) is 24.4 Å². The number of rotatable bonds is 4. The third kappa shape index (κ3) is 2.48. The van der Waals surface area contributed by atoms with E-state index < -0.39 is 17.7 Å². The van der Waals surface area contributed by atoms with E-state index in [0.29, 0.717) is 22.6 Å². The minimum atomic E-state index is -0.780. The first-order valence-electron chi connectivity index (χ1n) is 7.61. The predicted molar refractivity (Wildman–Crippen MR) is 89.8 cm³/mol. The second kappa shape index (κ2) is 5.92. The fourth-order valence-corrected chi connectivity index (χ4v) is 2.90. The molecule has 2 aromatic carbocycles. The van der Waals surface area contributed by atoms with Gasteiger partial charge in [0.15, 0.2) is 5.78 Å². The molecular weight excluding hydrogens is 306 g/mol. The van der Waals surface area contributed by atoms with Gasteiger partial charge in [-0.25, -0.2) is 0 Å². The number of amides is 1. The third-order valence-electron chi connectivity index (χ3n) is 4.19. The van der Waals surface area contributed by atoms with Gasteiger partial charge in [0.1, 0.15) is 5.75 Å². The van der Waals surface area contributed by atoms with Crippen LogP contribution >= 0.6 is 0 Å². The summed E-state index contributed by atoms with van der Waals surface area (Å²) >= 11 is 0. The van der Waals surface area contributed by atoms with Crippen LogP contribution in [-0.4, -0.2) is 30.6 Å². The average molecular weight is 323 g/mol. The quantitative estimate of drug-likeness (QED) is 0.641. The summed E-state index contributed by atoms with van der Waals surface area (Å²) in [5.74, 6) is -0.922. The van der Waals surface area contributed by atoms with Gasteiger partial charge in [0, 0.05) is 5.56 Å². The largest absolute Gasteiger partial charge is 0.497 e. The Hall–Kier alpha value is -2.95. The standard InChI is InChI=1S/C19H17NO4/c1-11-7-8-16-15(9-11)18(22)19(23)20(16)12(2)17(21)13-5-4-6-14(10-13)24-3/h4-10,12H,1-3H3. The number of fused-ring (bicyclic) bond motifs is 1. The Morgan fingerprint density at radius 3 is 2.58 bits per heavy atom. The van der Waals surface area contributed by atoms with Crippen LogP contribution < -0.4 is 9.64 Å². The number of benzene rings is 2. The summed E-state index contributed by atoms with van der Waals surface area (Å²) in [5.41, 5.74) is 2.16. The van der Waals surface area contributed by atoms with Crippen LogP contribution in [0.4, 0.5) is 5.69 Å². The van der Waals surface area contributed by atoms with E-state index in [9.17, 15) is 14.4 Å². The molecule has 5 heteroatoms. The Morgan fingerprint density at radius 2 is 1.88 bits per heavy atom. The number of hydrogen-bond acceptors (Lipinski definition) is 4. The molecule has 24 heavy (non-hydrogen) atoms. The molecule has 1 atom stereocenters. The normalized spacial score (nSPS) is 14.5. The first-order chi connectivity index (χ1) is 11.4. The lowest BCUT2D eigenvalue weighted by Gasteiger charge is -2.23. The average Bonchev–Trinajstić information content (AvgIpc) is 2.84. The summed E-state index contributed by atoms with van der Waals surface area (Å²) in [6, 6.07) is 11.2. The van der Waals surface area contributed by atoms with Crippen LogP contribution in [0.25, 0.3) is 0 Å². The van der Waals surface area contributed by atoms with Crippen LogP contribution in [0.5, 0.6) is 5.75 Å². The number of carbonyl (C=O) groups excluding carboxylic acids is 3. The molecule has 0 aromatic heterocycles. The Balaban J connectivity index is 1.98. The van der Waals surface area contributed by atoms with E-state index in [-0.39, 0.29) is 5.78 Å². The number of ether oxygens (including phenoxy) is 1. The van der Waals surface area contributed by atoms with E-state index in [1.165, 1.54) is 12.0 Å². The molecular formula is C19H17NO4. The summed E-state index contributed by atoms with van der Waals surface area (Å²) in [4.78, 5) is 38.6. The highest BCUT2D eigenvalue weighted by Gasteiger charge is 2.40. The maximum absolute atomic E-state index is 12.8. The zero-order valence-corrected chi connectivity index (χ0v) is 13.7. The van der Waals surface area contributed by atoms with Crippen molar-refractivity contribution in [3.05, 3.63) is 59.2 Å². The molecule has 1 heterocycles. The van der Waals surface area contributed by atoms with Crippen molar-refractivity contribution in [1.29, 1.82) is 0 Å². The van der Waals surface area contributed by atoms with Crippen LogP contribution in [0.15, 0.2) is 42.5 Å². The smallest absolute Gasteiger partial charge is 0.300 e. The lowest BCUT2D eigenvalue weighted by Crippen LogP contribution is -2.42. The highest BCUT2D eigenvalue weighted by molar-refractivity contribution is 6.53. The van der Waals surface area contributed by atoms with Crippen molar-refractivity contribution in [2.24, 2.45) is 0 Å². The number of methoxy groups -OCH3 is 1. The fraction of sp³-hybridized carbons (Fsp3) is 0.211. The molecule has 0 saturated heterocycles. The molecule has 1 aliphatic heterocycles. The van der Waals surface area contributed by atoms with E-state index in [0.717, 1.165) is 5.56 Å². The number of ketones is 2. The summed E-state index contributed by atoms with van der Waals surface area (Å²) in [6.45, 7) is 3.48. The minimum absolute atomic E-state index is 0.247. The highest BCUT2D eigenvalue weighted by Crippen LogP contribution is 2.32. The van der Waals surface area contributed by atoms with Crippen LogP contribution in [-0.2, 0) is 4.79 Å². The van der Waals surface area contributed by atoms with Gasteiger partial charge in [-0.05, 0) is 38.1 Å². The summed E-state index contributed by atoms with van der Waals surface area (Å²) in [6.07, 6.45) is 0. The van der Waals surface area contributed by atoms with Gasteiger partial charge < -0.3 is 4.74 Å². The van der Waals surface area contributed by atoms with Crippen molar-refractivity contribution >= 4 is 23.2 Å². The molecule has 1 amide bonds. The van der Waals surface area contributed by atoms with Crippen molar-refractivity contribution in [2.45, 2.75) is 19.9 Å². The minimum Gasteiger partial charge on any atom is -0.497 e. The first-order valence-corrected chi connectivity index (χ1v) is 7.61. The Morgan fingerprint density at radius 1 is 1.12 bits per heavy atom. The SMILES string of the molecule is COc1cccc(C(=O)C(C)N2C(=O)C(=O)c3cc(C)ccc32)c1. The lowest BCUT2D eigenvalue weighted by molar-refractivity contribution is -0.114. The molecule has 1 aliphatic rings. The molecule has 122 valence electrons. The molecule has 0 aliphatic carbocycles. The Labute approximate surface area is 139 Å². The molecule has 0 N–H and O–H groups in total. The lowest BCUT2D eigenvalue weighted by atomic mass is 10.0. The number of nitrogens with zero attached hydrogens (tertiary/aromatic N) is 1. The number of anilines is 1. The van der Waals surface area contributed by atoms with Crippen LogP contribution in [0, 0.1) is 6.92 Å². The molecule has 0 bridgehead atoms. The zero-order valence-electron chi connectivity index (χ0n) is 13.7. The van der Waals surface area contributed by atoms with Crippen molar-refractivity contribution in [2.75, 3.05) is 12.0 Å². The van der Waals surface area contributed by atoms with Crippen molar-refractivity contribution in [3.8, 4) is 5.75 Å². The van der Waals surface area contributed by atoms with E-state index in [1.54, 1.807) is 43.3 Å². The second-order valence-corrected chi connectivity index (χ2v) is 5.80. The summed E-state index contributed by atoms with van der Waals surface area (Å²) in [5, 5.41) is 0. The van der Waals surface area contributed by atoms with Crippen molar-refractivity contribution in [1.82, 2.24) is 0 Å². The van der Waals surface area contributed by atoms with Gasteiger partial charge in [-0.15, -0.1) is 0 Å². The fourth-order valence-electron chi connectivity index (χ4n) is 2.90. The maximum atomic E-state index is 12.8. The molecule has 5 nitrogen and oxygen atoms in total. The monoisotopic (exact) mass is 323 g/mol. The van der Waals surface area contributed by atoms with Crippen LogP contribution in [0.2, 0.25) is 0 Å². The molecule has 1 unspecified atom stereocenters. The molecule has 0 radical (unpaired) electrons. The first kappa shape index (κ1) is 15.9. The van der Waals surface area contributed by atoms with E-state index in [2.05, 4.69) is 0 Å². The van der Waals surface area contributed by atoms with Gasteiger partial charge in [0.25, 0.3) is 11.7 Å². The number of hydrogen-bond donors (Lipinski definition) is 0. The van der Waals surface area contributed by atoms with Gasteiger partial charge in [-0.2, -0.15) is 0 Å². The summed E-state index contributed by atoms with van der Waals surface area (Å²) < 4.78 is 5.13. The van der Waals surface area contributed by atoms with Crippen LogP contribution in [0.1, 0.15) is 33.2 Å². The van der Waals surface area contributed by atoms with E-state index in [1.807, 2.05) is 13.0 Å². The van der Waals surface area contributed by atoms with E-state index in [4.69, 9.17) is 4.74 Å². The molecule has 3 rings (SSSR count). The third-order valence-corrected chi connectivity index (χ3v) is 4.19. The molecule has 0 fully saturated rings. The molecule has 0 saturated carbocycles. The molecule has 2 aromatic rings. The van der Waals surface area contributed by atoms with Gasteiger partial charge >= 0.3 is 0 Å². The Kier molecular flexibility index (Phi) is 3.93. The van der Waals surface area contributed by atoms with Gasteiger partial charge in [-0.3, -0.25) is 19.3 Å². The predicted octanol–water partition coefficient (Wildman–Crippen LogP) is 2.80. The second-order valence-electron chi connectivity index (χ2n) is 5.80. The van der Waals surface area contributed by atoms with Crippen molar-refractivity contribution in [3.63, 3.8) is 0 Å². The number of carbonyl (C=O) groups is 3. The van der Waals surface area contributed by atoms with Crippen LogP contribution in [0.3, 0.4) is 0 Å². The Bertz CT molecular complexity index is 856. The van der Waals surface area contributed by atoms with E-state index >= 15 is 0 Å². The zero-order chi connectivity index (χ0) is 17.4. The molecule has 0 spiro atoms. The van der Waals surface area contributed by atoms with Crippen molar-refractivity contribution < 1.29 is 19.1 Å². The van der Waals surface area contributed by atoms with Gasteiger partial charge in [-0.1, -0.05) is 23.8 Å². The summed E-state index contributed by atoms with van der Waals surface area (Å²) in [7, 11) is 1.52. The van der Waals surface area contributed by atoms with Gasteiger partial charge in [0.2, 0.25) is 0 Å². The number of aryl methyl sites for hydroxylation is 1.